The molecule has 8 nitrogen and oxygen atoms in total. The molecule has 0 aliphatic carbocycles. The van der Waals surface area contributed by atoms with E-state index in [0.29, 0.717) is 11.4 Å². The van der Waals surface area contributed by atoms with Crippen LogP contribution in [-0.4, -0.2) is 74.0 Å². The van der Waals surface area contributed by atoms with Crippen molar-refractivity contribution in [2.45, 2.75) is 18.1 Å². The predicted octanol–water partition coefficient (Wildman–Crippen LogP) is -0.201. The van der Waals surface area contributed by atoms with Crippen LogP contribution in [0.2, 0.25) is 0 Å². The molecule has 0 bridgehead atoms. The Morgan fingerprint density at radius 1 is 1.35 bits per heavy atom. The van der Waals surface area contributed by atoms with Gasteiger partial charge in [0.05, 0.1) is 19.8 Å². The number of nitrogens with zero attached hydrogens (tertiary/aromatic N) is 2. The van der Waals surface area contributed by atoms with E-state index in [1.54, 1.807) is 25.4 Å². The monoisotopic (exact) mass is 326 g/mol. The van der Waals surface area contributed by atoms with Crippen molar-refractivity contribution in [1.82, 2.24) is 9.88 Å². The van der Waals surface area contributed by atoms with Crippen molar-refractivity contribution in [3.05, 3.63) is 24.0 Å². The lowest BCUT2D eigenvalue weighted by atomic mass is 9.79. The summed E-state index contributed by atoms with van der Waals surface area (Å²) >= 11 is 0. The van der Waals surface area contributed by atoms with E-state index >= 15 is 0 Å². The summed E-state index contributed by atoms with van der Waals surface area (Å²) in [7, 11) is 4.52. The molecule has 1 aromatic heterocycles. The standard InChI is InChI=1S/C15H22N2O6/c1-20-9-17-13(8-18)15(14(17)19,23-10-21-2)7-11-6-12(22-3)4-5-16-11/h4-6,13,18H,7-10H2,1-3H3/t13-,15+/m0/s1. The van der Waals surface area contributed by atoms with Gasteiger partial charge in [0, 0.05) is 38.6 Å². The van der Waals surface area contributed by atoms with Crippen LogP contribution in [0.15, 0.2) is 18.3 Å². The van der Waals surface area contributed by atoms with E-state index in [2.05, 4.69) is 4.98 Å². The highest BCUT2D eigenvalue weighted by atomic mass is 16.7. The number of aliphatic hydroxyl groups is 1. The van der Waals surface area contributed by atoms with Crippen molar-refractivity contribution >= 4 is 5.91 Å². The number of amides is 1. The smallest absolute Gasteiger partial charge is 0.259 e. The largest absolute Gasteiger partial charge is 0.497 e. The van der Waals surface area contributed by atoms with Crippen molar-refractivity contribution in [2.24, 2.45) is 0 Å². The molecular formula is C15H22N2O6. The Balaban J connectivity index is 2.26. The summed E-state index contributed by atoms with van der Waals surface area (Å²) in [5.74, 6) is 0.373. The second kappa shape index (κ2) is 7.69. The van der Waals surface area contributed by atoms with Gasteiger partial charge in [-0.05, 0) is 6.07 Å². The first-order valence-electron chi connectivity index (χ1n) is 7.15. The lowest BCUT2D eigenvalue weighted by Gasteiger charge is -2.54. The Bertz CT molecular complexity index is 540. The SMILES string of the molecule is COCO[C@@]1(Cc2cc(OC)ccn2)C(=O)N(COC)[C@H]1CO. The molecule has 1 aromatic rings. The summed E-state index contributed by atoms with van der Waals surface area (Å²) in [5, 5.41) is 9.70. The van der Waals surface area contributed by atoms with E-state index in [1.807, 2.05) is 0 Å². The minimum Gasteiger partial charge on any atom is -0.497 e. The quantitative estimate of drug-likeness (QED) is 0.496. The van der Waals surface area contributed by atoms with Gasteiger partial charge in [-0.3, -0.25) is 9.78 Å². The third-order valence-electron chi connectivity index (χ3n) is 3.88. The summed E-state index contributed by atoms with van der Waals surface area (Å²) in [6.45, 7) is -0.219. The Hall–Kier alpha value is -1.74. The summed E-state index contributed by atoms with van der Waals surface area (Å²) in [5.41, 5.74) is -0.591. The third-order valence-corrected chi connectivity index (χ3v) is 3.88. The molecule has 0 aromatic carbocycles. The molecule has 2 rings (SSSR count). The Morgan fingerprint density at radius 2 is 2.13 bits per heavy atom. The number of ether oxygens (including phenoxy) is 4. The second-order valence-corrected chi connectivity index (χ2v) is 5.20. The minimum absolute atomic E-state index is 0.0625. The van der Waals surface area contributed by atoms with Crippen LogP contribution < -0.4 is 4.74 Å². The first-order valence-corrected chi connectivity index (χ1v) is 7.15. The Labute approximate surface area is 134 Å². The number of carbonyl (C=O) groups is 1. The number of methoxy groups -OCH3 is 3. The van der Waals surface area contributed by atoms with Crippen LogP contribution in [-0.2, 0) is 25.4 Å². The number of β-lactam (4-membered cyclic amide) rings is 1. The van der Waals surface area contributed by atoms with E-state index in [9.17, 15) is 9.90 Å². The van der Waals surface area contributed by atoms with Gasteiger partial charge in [-0.25, -0.2) is 0 Å². The van der Waals surface area contributed by atoms with E-state index in [0.717, 1.165) is 0 Å². The minimum atomic E-state index is -1.22. The molecule has 1 fully saturated rings. The molecule has 128 valence electrons. The molecular weight excluding hydrogens is 304 g/mol. The topological polar surface area (TPSA) is 90.4 Å². The van der Waals surface area contributed by atoms with Gasteiger partial charge in [-0.1, -0.05) is 0 Å². The molecule has 1 aliphatic heterocycles. The molecule has 0 unspecified atom stereocenters. The van der Waals surface area contributed by atoms with Gasteiger partial charge in [0.2, 0.25) is 0 Å². The van der Waals surface area contributed by atoms with Gasteiger partial charge in [0.25, 0.3) is 5.91 Å². The number of aromatic nitrogens is 1. The van der Waals surface area contributed by atoms with Crippen molar-refractivity contribution in [3.8, 4) is 5.75 Å². The molecule has 0 spiro atoms. The van der Waals surface area contributed by atoms with E-state index < -0.39 is 11.6 Å². The van der Waals surface area contributed by atoms with Crippen LogP contribution in [0.4, 0.5) is 0 Å². The number of hydrogen-bond acceptors (Lipinski definition) is 7. The molecule has 23 heavy (non-hydrogen) atoms. The van der Waals surface area contributed by atoms with Crippen LogP contribution in [0, 0.1) is 0 Å². The molecule has 2 atom stereocenters. The zero-order chi connectivity index (χ0) is 16.9. The van der Waals surface area contributed by atoms with Crippen molar-refractivity contribution < 1.29 is 28.8 Å². The molecule has 1 amide bonds. The number of carbonyl (C=O) groups excluding carboxylic acids is 1. The van der Waals surface area contributed by atoms with Crippen molar-refractivity contribution in [2.75, 3.05) is 41.5 Å². The lowest BCUT2D eigenvalue weighted by Crippen LogP contribution is -2.77. The van der Waals surface area contributed by atoms with Crippen LogP contribution >= 0.6 is 0 Å². The maximum Gasteiger partial charge on any atom is 0.259 e. The van der Waals surface area contributed by atoms with E-state index in [-0.39, 0.29) is 32.5 Å². The lowest BCUT2D eigenvalue weighted by molar-refractivity contribution is -0.237. The summed E-state index contributed by atoms with van der Waals surface area (Å²) in [6, 6.07) is 2.92. The highest BCUT2D eigenvalue weighted by Gasteiger charge is 2.62. The summed E-state index contributed by atoms with van der Waals surface area (Å²) in [4.78, 5) is 18.3. The predicted molar refractivity (Wildman–Crippen MR) is 79.8 cm³/mol. The first-order chi connectivity index (χ1) is 11.1. The van der Waals surface area contributed by atoms with E-state index in [4.69, 9.17) is 18.9 Å². The van der Waals surface area contributed by atoms with E-state index in [1.165, 1.54) is 19.1 Å². The van der Waals surface area contributed by atoms with Gasteiger partial charge >= 0.3 is 0 Å². The van der Waals surface area contributed by atoms with Crippen LogP contribution in [0.3, 0.4) is 0 Å². The maximum absolute atomic E-state index is 12.6. The molecule has 8 heteroatoms. The number of pyridine rings is 1. The second-order valence-electron chi connectivity index (χ2n) is 5.20. The average Bonchev–Trinajstić information content (AvgIpc) is 2.58. The van der Waals surface area contributed by atoms with Crippen molar-refractivity contribution in [3.63, 3.8) is 0 Å². The third kappa shape index (κ3) is 3.30. The molecule has 1 saturated heterocycles. The molecule has 1 aliphatic rings. The zero-order valence-electron chi connectivity index (χ0n) is 13.5. The van der Waals surface area contributed by atoms with Gasteiger partial charge < -0.3 is 29.0 Å². The highest BCUT2D eigenvalue weighted by molar-refractivity contribution is 5.93. The molecule has 0 saturated carbocycles. The van der Waals surface area contributed by atoms with Crippen LogP contribution in [0.25, 0.3) is 0 Å². The fourth-order valence-corrected chi connectivity index (χ4v) is 2.76. The number of aliphatic hydroxyl groups excluding tert-OH is 1. The number of rotatable bonds is 9. The fraction of sp³-hybridized carbons (Fsp3) is 0.600. The molecule has 1 N–H and O–H groups in total. The number of likely N-dealkylation sites (tertiary alicyclic amines) is 1. The van der Waals surface area contributed by atoms with Gasteiger partial charge in [0.15, 0.2) is 5.60 Å². The van der Waals surface area contributed by atoms with Gasteiger partial charge in [-0.15, -0.1) is 0 Å². The van der Waals surface area contributed by atoms with Gasteiger partial charge in [-0.2, -0.15) is 0 Å². The Morgan fingerprint density at radius 3 is 2.74 bits per heavy atom. The molecule has 0 radical (unpaired) electrons. The average molecular weight is 326 g/mol. The summed E-state index contributed by atoms with van der Waals surface area (Å²) in [6.07, 6.45) is 1.81. The molecule has 2 heterocycles. The number of hydrogen-bond donors (Lipinski definition) is 1. The maximum atomic E-state index is 12.6. The zero-order valence-corrected chi connectivity index (χ0v) is 13.5. The Kier molecular flexibility index (Phi) is 5.89. The van der Waals surface area contributed by atoms with Gasteiger partial charge in [0.1, 0.15) is 19.3 Å². The first kappa shape index (κ1) is 17.6. The van der Waals surface area contributed by atoms with Crippen LogP contribution in [0.1, 0.15) is 5.69 Å². The fourth-order valence-electron chi connectivity index (χ4n) is 2.76. The highest BCUT2D eigenvalue weighted by Crippen LogP contribution is 2.37. The summed E-state index contributed by atoms with van der Waals surface area (Å²) < 4.78 is 20.8. The normalized spacial score (nSPS) is 23.7. The van der Waals surface area contributed by atoms with Crippen molar-refractivity contribution in [1.29, 1.82) is 0 Å². The van der Waals surface area contributed by atoms with Crippen LogP contribution in [0.5, 0.6) is 5.75 Å².